The van der Waals surface area contributed by atoms with Gasteiger partial charge in [-0.1, -0.05) is 12.1 Å². The molecule has 3 nitrogen and oxygen atoms in total. The monoisotopic (exact) mass is 284 g/mol. The van der Waals surface area contributed by atoms with Crippen molar-refractivity contribution in [2.24, 2.45) is 0 Å². The molecule has 1 aromatic carbocycles. The highest BCUT2D eigenvalue weighted by atomic mass is 16.1. The van der Waals surface area contributed by atoms with Crippen molar-refractivity contribution in [3.05, 3.63) is 35.4 Å². The van der Waals surface area contributed by atoms with Gasteiger partial charge < -0.3 is 5.32 Å². The number of hydrogen-bond acceptors (Lipinski definition) is 2. The van der Waals surface area contributed by atoms with Gasteiger partial charge in [0.2, 0.25) is 0 Å². The average molecular weight is 284 g/mol. The molecule has 1 amide bonds. The van der Waals surface area contributed by atoms with E-state index in [-0.39, 0.29) is 5.91 Å². The van der Waals surface area contributed by atoms with E-state index in [1.807, 2.05) is 12.1 Å². The smallest absolute Gasteiger partial charge is 0.251 e. The molecule has 0 spiro atoms. The van der Waals surface area contributed by atoms with Gasteiger partial charge in [-0.3, -0.25) is 9.69 Å². The van der Waals surface area contributed by atoms with Crippen molar-refractivity contribution in [3.8, 4) is 0 Å². The van der Waals surface area contributed by atoms with Gasteiger partial charge in [0, 0.05) is 23.7 Å². The zero-order valence-corrected chi connectivity index (χ0v) is 12.7. The van der Waals surface area contributed by atoms with Crippen LogP contribution in [-0.2, 0) is 0 Å². The summed E-state index contributed by atoms with van der Waals surface area (Å²) in [7, 11) is 2.21. The van der Waals surface area contributed by atoms with Gasteiger partial charge in [-0.2, -0.15) is 0 Å². The van der Waals surface area contributed by atoms with Crippen LogP contribution < -0.4 is 5.32 Å². The number of carbonyl (C=O) groups excluding carboxylic acids is 1. The third-order valence-electron chi connectivity index (χ3n) is 5.71. The van der Waals surface area contributed by atoms with Crippen LogP contribution in [0.3, 0.4) is 0 Å². The van der Waals surface area contributed by atoms with Crippen molar-refractivity contribution in [1.29, 1.82) is 0 Å². The van der Waals surface area contributed by atoms with Gasteiger partial charge in [-0.05, 0) is 69.2 Å². The predicted molar refractivity (Wildman–Crippen MR) is 83.5 cm³/mol. The number of piperidine rings is 1. The second kappa shape index (κ2) is 5.13. The lowest BCUT2D eigenvalue weighted by Crippen LogP contribution is -2.52. The molecule has 0 radical (unpaired) electrons. The highest BCUT2D eigenvalue weighted by molar-refractivity contribution is 5.94. The first kappa shape index (κ1) is 13.3. The van der Waals surface area contributed by atoms with Crippen LogP contribution in [0.4, 0.5) is 0 Å². The normalized spacial score (nSPS) is 32.1. The maximum absolute atomic E-state index is 12.5. The molecule has 3 fully saturated rings. The highest BCUT2D eigenvalue weighted by Gasteiger charge is 2.40. The molecule has 0 aromatic heterocycles. The number of nitrogens with zero attached hydrogens (tertiary/aromatic N) is 1. The molecule has 2 saturated heterocycles. The summed E-state index contributed by atoms with van der Waals surface area (Å²) in [5, 5.41) is 3.28. The van der Waals surface area contributed by atoms with E-state index in [0.717, 1.165) is 23.9 Å². The molecule has 3 atom stereocenters. The maximum atomic E-state index is 12.5. The third kappa shape index (κ3) is 2.48. The van der Waals surface area contributed by atoms with E-state index in [2.05, 4.69) is 29.4 Å². The van der Waals surface area contributed by atoms with E-state index < -0.39 is 0 Å². The van der Waals surface area contributed by atoms with Gasteiger partial charge in [-0.25, -0.2) is 0 Å². The predicted octanol–water partition coefficient (Wildman–Crippen LogP) is 2.92. The van der Waals surface area contributed by atoms with Gasteiger partial charge in [0.05, 0.1) is 0 Å². The summed E-state index contributed by atoms with van der Waals surface area (Å²) in [5.74, 6) is 0.852. The van der Waals surface area contributed by atoms with Gasteiger partial charge in [-0.15, -0.1) is 0 Å². The summed E-state index contributed by atoms with van der Waals surface area (Å²) in [5.41, 5.74) is 2.20. The largest absolute Gasteiger partial charge is 0.348 e. The zero-order valence-electron chi connectivity index (χ0n) is 12.7. The summed E-state index contributed by atoms with van der Waals surface area (Å²) in [6.45, 7) is 0. The van der Waals surface area contributed by atoms with Crippen molar-refractivity contribution in [1.82, 2.24) is 10.2 Å². The Morgan fingerprint density at radius 1 is 1.05 bits per heavy atom. The fourth-order valence-electron chi connectivity index (χ4n) is 4.18. The minimum Gasteiger partial charge on any atom is -0.348 e. The number of nitrogens with one attached hydrogen (secondary N) is 1. The number of benzene rings is 1. The lowest BCUT2D eigenvalue weighted by molar-refractivity contribution is 0.0856. The van der Waals surface area contributed by atoms with E-state index in [1.165, 1.54) is 37.7 Å². The van der Waals surface area contributed by atoms with Gasteiger partial charge >= 0.3 is 0 Å². The van der Waals surface area contributed by atoms with Crippen LogP contribution in [0.2, 0.25) is 0 Å². The summed E-state index contributed by atoms with van der Waals surface area (Å²) in [6.07, 6.45) is 7.49. The summed E-state index contributed by atoms with van der Waals surface area (Å²) in [4.78, 5) is 14.9. The molecule has 1 N–H and O–H groups in total. The Morgan fingerprint density at radius 2 is 1.76 bits per heavy atom. The van der Waals surface area contributed by atoms with E-state index in [9.17, 15) is 4.79 Å². The first-order valence-corrected chi connectivity index (χ1v) is 8.35. The summed E-state index contributed by atoms with van der Waals surface area (Å²) in [6, 6.07) is 9.86. The molecule has 1 aromatic rings. The number of hydrogen-bond donors (Lipinski definition) is 1. The minimum atomic E-state index is 0.0982. The van der Waals surface area contributed by atoms with Crippen molar-refractivity contribution in [2.45, 2.75) is 62.6 Å². The first-order valence-electron chi connectivity index (χ1n) is 8.35. The second-order valence-electron chi connectivity index (χ2n) is 7.02. The molecule has 2 aliphatic heterocycles. The number of fused-ring (bicyclic) bond motifs is 2. The standard InChI is InChI=1S/C18H24N2O/c1-20-15-8-10-16(17(20)11-9-15)19-18(21)14-6-4-13(5-7-14)12-2-3-12/h4-7,12,15-17H,2-3,8-11H2,1H3,(H,19,21). The Morgan fingerprint density at radius 3 is 2.48 bits per heavy atom. The van der Waals surface area contributed by atoms with Crippen LogP contribution in [-0.4, -0.2) is 36.0 Å². The van der Waals surface area contributed by atoms with E-state index >= 15 is 0 Å². The van der Waals surface area contributed by atoms with Gasteiger partial charge in [0.1, 0.15) is 0 Å². The molecular formula is C18H24N2O. The molecule has 1 saturated carbocycles. The SMILES string of the molecule is CN1C2CCC(NC(=O)c3ccc(C4CC4)cc3)C1CC2. The third-order valence-corrected chi connectivity index (χ3v) is 5.71. The van der Waals surface area contributed by atoms with Crippen LogP contribution in [0.1, 0.15) is 60.4 Å². The number of rotatable bonds is 3. The molecule has 2 heterocycles. The van der Waals surface area contributed by atoms with Crippen molar-refractivity contribution >= 4 is 5.91 Å². The fraction of sp³-hybridized carbons (Fsp3) is 0.611. The molecule has 4 rings (SSSR count). The van der Waals surface area contributed by atoms with Crippen LogP contribution in [0.25, 0.3) is 0 Å². The van der Waals surface area contributed by atoms with Gasteiger partial charge in [0.25, 0.3) is 5.91 Å². The zero-order chi connectivity index (χ0) is 14.4. The molecule has 21 heavy (non-hydrogen) atoms. The molecule has 3 heteroatoms. The molecule has 112 valence electrons. The average Bonchev–Trinajstić information content (AvgIpc) is 3.30. The lowest BCUT2D eigenvalue weighted by atomic mass is 9.97. The van der Waals surface area contributed by atoms with Crippen LogP contribution in [0.15, 0.2) is 24.3 Å². The summed E-state index contributed by atoms with van der Waals surface area (Å²) >= 11 is 0. The Bertz CT molecular complexity index is 535. The molecule has 3 aliphatic rings. The minimum absolute atomic E-state index is 0.0982. The molecular weight excluding hydrogens is 260 g/mol. The van der Waals surface area contributed by atoms with Crippen LogP contribution in [0.5, 0.6) is 0 Å². The van der Waals surface area contributed by atoms with E-state index in [4.69, 9.17) is 0 Å². The molecule has 3 unspecified atom stereocenters. The number of likely N-dealkylation sites (N-methyl/N-ethyl adjacent to an activating group) is 1. The van der Waals surface area contributed by atoms with Crippen molar-refractivity contribution < 1.29 is 4.79 Å². The second-order valence-corrected chi connectivity index (χ2v) is 7.02. The van der Waals surface area contributed by atoms with Gasteiger partial charge in [0.15, 0.2) is 0 Å². The van der Waals surface area contributed by atoms with Crippen molar-refractivity contribution in [3.63, 3.8) is 0 Å². The number of amides is 1. The quantitative estimate of drug-likeness (QED) is 0.925. The first-order chi connectivity index (χ1) is 10.2. The molecule has 2 bridgehead atoms. The summed E-state index contributed by atoms with van der Waals surface area (Å²) < 4.78 is 0. The Hall–Kier alpha value is -1.35. The van der Waals surface area contributed by atoms with Crippen molar-refractivity contribution in [2.75, 3.05) is 7.05 Å². The number of carbonyl (C=O) groups is 1. The van der Waals surface area contributed by atoms with Crippen LogP contribution in [0, 0.1) is 0 Å². The Balaban J connectivity index is 1.42. The van der Waals surface area contributed by atoms with Crippen LogP contribution >= 0.6 is 0 Å². The molecule has 1 aliphatic carbocycles. The fourth-order valence-corrected chi connectivity index (χ4v) is 4.18. The van der Waals surface area contributed by atoms with E-state index in [0.29, 0.717) is 12.1 Å². The lowest BCUT2D eigenvalue weighted by Gasteiger charge is -2.37. The Kier molecular flexibility index (Phi) is 3.26. The maximum Gasteiger partial charge on any atom is 0.251 e. The Labute approximate surface area is 126 Å². The topological polar surface area (TPSA) is 32.3 Å². The van der Waals surface area contributed by atoms with E-state index in [1.54, 1.807) is 0 Å². The highest BCUT2D eigenvalue weighted by Crippen LogP contribution is 2.40.